The summed E-state index contributed by atoms with van der Waals surface area (Å²) >= 11 is 0. The van der Waals surface area contributed by atoms with Gasteiger partial charge in [-0.15, -0.1) is 24.0 Å². The summed E-state index contributed by atoms with van der Waals surface area (Å²) in [6.45, 7) is 2.94. The first-order chi connectivity index (χ1) is 9.40. The van der Waals surface area contributed by atoms with Crippen LogP contribution in [0.1, 0.15) is 30.0 Å². The third-order valence-electron chi connectivity index (χ3n) is 3.97. The van der Waals surface area contributed by atoms with Gasteiger partial charge in [-0.05, 0) is 30.4 Å². The minimum absolute atomic E-state index is 0. The number of rotatable bonds is 3. The second kappa shape index (κ2) is 7.26. The smallest absolute Gasteiger partial charge is 0.194 e. The number of guanidine groups is 1. The van der Waals surface area contributed by atoms with E-state index in [4.69, 9.17) is 5.11 Å². The fourth-order valence-corrected chi connectivity index (χ4v) is 3.04. The van der Waals surface area contributed by atoms with E-state index in [9.17, 15) is 0 Å². The maximum absolute atomic E-state index is 8.86. The van der Waals surface area contributed by atoms with E-state index in [1.54, 1.807) is 0 Å². The Kier molecular flexibility index (Phi) is 5.65. The van der Waals surface area contributed by atoms with Gasteiger partial charge in [-0.25, -0.2) is 0 Å². The number of hydrogen-bond donors (Lipinski definition) is 2. The maximum Gasteiger partial charge on any atom is 0.194 e. The number of nitrogens with one attached hydrogen (secondary N) is 1. The Morgan fingerprint density at radius 3 is 3.05 bits per heavy atom. The minimum atomic E-state index is 0. The summed E-state index contributed by atoms with van der Waals surface area (Å²) in [6, 6.07) is 9.23. The first-order valence-electron chi connectivity index (χ1n) is 7.14. The second-order valence-electron chi connectivity index (χ2n) is 5.16. The van der Waals surface area contributed by atoms with Crippen LogP contribution in [0.4, 0.5) is 0 Å². The Morgan fingerprint density at radius 1 is 1.35 bits per heavy atom. The molecule has 20 heavy (non-hydrogen) atoms. The van der Waals surface area contributed by atoms with Crippen LogP contribution in [0.15, 0.2) is 29.3 Å². The monoisotopic (exact) mass is 387 g/mol. The lowest BCUT2D eigenvalue weighted by Crippen LogP contribution is -2.49. The van der Waals surface area contributed by atoms with Crippen LogP contribution in [-0.2, 0) is 6.42 Å². The molecule has 0 fully saturated rings. The molecule has 0 amide bonds. The number of halogens is 1. The van der Waals surface area contributed by atoms with Gasteiger partial charge in [-0.1, -0.05) is 24.3 Å². The number of benzene rings is 1. The van der Waals surface area contributed by atoms with Crippen molar-refractivity contribution in [1.82, 2.24) is 10.2 Å². The predicted molar refractivity (Wildman–Crippen MR) is 91.6 cm³/mol. The number of nitrogens with zero attached hydrogens (tertiary/aromatic N) is 2. The molecule has 0 saturated carbocycles. The standard InChI is InChI=1S/C15H21N3O.HI/c19-11-3-8-16-15-17-9-6-14-13-5-2-1-4-12(13)7-10-18(14)15;/h1-2,4-5,14,19H,3,6-11H2,(H,16,17);1H. The highest BCUT2D eigenvalue weighted by Crippen LogP contribution is 2.33. The van der Waals surface area contributed by atoms with Gasteiger partial charge in [-0.3, -0.25) is 4.99 Å². The van der Waals surface area contributed by atoms with Crippen LogP contribution in [0.5, 0.6) is 0 Å². The number of aliphatic hydroxyl groups is 1. The largest absolute Gasteiger partial charge is 0.396 e. The molecule has 0 bridgehead atoms. The van der Waals surface area contributed by atoms with Crippen molar-refractivity contribution in [2.75, 3.05) is 26.2 Å². The first-order valence-corrected chi connectivity index (χ1v) is 7.14. The van der Waals surface area contributed by atoms with Gasteiger partial charge in [0.25, 0.3) is 0 Å². The van der Waals surface area contributed by atoms with E-state index in [1.807, 2.05) is 0 Å². The summed E-state index contributed by atoms with van der Waals surface area (Å²) in [5.74, 6) is 1.01. The number of hydrogen-bond acceptors (Lipinski definition) is 4. The molecule has 110 valence electrons. The van der Waals surface area contributed by atoms with Crippen LogP contribution in [-0.4, -0.2) is 42.2 Å². The zero-order valence-corrected chi connectivity index (χ0v) is 13.9. The molecule has 1 atom stereocenters. The average molecular weight is 387 g/mol. The second-order valence-corrected chi connectivity index (χ2v) is 5.16. The first kappa shape index (κ1) is 15.6. The molecule has 1 aromatic carbocycles. The molecule has 2 N–H and O–H groups in total. The van der Waals surface area contributed by atoms with Gasteiger partial charge in [0, 0.05) is 26.2 Å². The van der Waals surface area contributed by atoms with Crippen molar-refractivity contribution in [3.63, 3.8) is 0 Å². The van der Waals surface area contributed by atoms with Crippen LogP contribution in [0.2, 0.25) is 0 Å². The lowest BCUT2D eigenvalue weighted by molar-refractivity contribution is 0.258. The fraction of sp³-hybridized carbons (Fsp3) is 0.533. The van der Waals surface area contributed by atoms with Crippen LogP contribution in [0, 0.1) is 0 Å². The molecule has 0 aliphatic carbocycles. The molecule has 2 aliphatic rings. The highest BCUT2D eigenvalue weighted by Gasteiger charge is 2.31. The van der Waals surface area contributed by atoms with Crippen molar-refractivity contribution in [1.29, 1.82) is 0 Å². The van der Waals surface area contributed by atoms with Gasteiger partial charge < -0.3 is 15.3 Å². The number of aliphatic imine (C=N–C) groups is 1. The predicted octanol–water partition coefficient (Wildman–Crippen LogP) is 1.94. The molecule has 0 saturated heterocycles. The highest BCUT2D eigenvalue weighted by molar-refractivity contribution is 14.0. The van der Waals surface area contributed by atoms with Crippen molar-refractivity contribution in [3.05, 3.63) is 35.4 Å². The lowest BCUT2D eigenvalue weighted by Gasteiger charge is -2.41. The zero-order valence-electron chi connectivity index (χ0n) is 11.6. The van der Waals surface area contributed by atoms with Crippen molar-refractivity contribution in [3.8, 4) is 0 Å². The molecule has 4 nitrogen and oxygen atoms in total. The minimum Gasteiger partial charge on any atom is -0.396 e. The quantitative estimate of drug-likeness (QED) is 0.616. The van der Waals surface area contributed by atoms with Crippen molar-refractivity contribution in [2.24, 2.45) is 4.99 Å². The topological polar surface area (TPSA) is 47.9 Å². The van der Waals surface area contributed by atoms with Gasteiger partial charge in [-0.2, -0.15) is 0 Å². The van der Waals surface area contributed by atoms with Gasteiger partial charge in [0.2, 0.25) is 0 Å². The van der Waals surface area contributed by atoms with Crippen LogP contribution < -0.4 is 5.32 Å². The summed E-state index contributed by atoms with van der Waals surface area (Å²) < 4.78 is 0. The molecule has 0 radical (unpaired) electrons. The fourth-order valence-electron chi connectivity index (χ4n) is 3.04. The van der Waals surface area contributed by atoms with E-state index < -0.39 is 0 Å². The van der Waals surface area contributed by atoms with Crippen molar-refractivity contribution >= 4 is 29.9 Å². The van der Waals surface area contributed by atoms with Crippen molar-refractivity contribution in [2.45, 2.75) is 25.3 Å². The van der Waals surface area contributed by atoms with Crippen LogP contribution in [0.3, 0.4) is 0 Å². The van der Waals surface area contributed by atoms with E-state index >= 15 is 0 Å². The van der Waals surface area contributed by atoms with E-state index in [-0.39, 0.29) is 30.6 Å². The normalized spacial score (nSPS) is 20.4. The van der Waals surface area contributed by atoms with E-state index in [2.05, 4.69) is 39.5 Å². The van der Waals surface area contributed by atoms with Gasteiger partial charge in [0.05, 0.1) is 6.04 Å². The summed E-state index contributed by atoms with van der Waals surface area (Å²) in [6.07, 6.45) is 2.96. The molecule has 3 rings (SSSR count). The Morgan fingerprint density at radius 2 is 2.20 bits per heavy atom. The molecule has 5 heteroatoms. The SMILES string of the molecule is I.OCCCNC1=NCCC2c3ccccc3CCN12. The Hall–Kier alpha value is -0.820. The molecule has 0 aromatic heterocycles. The molecule has 1 aromatic rings. The summed E-state index contributed by atoms with van der Waals surface area (Å²) in [7, 11) is 0. The Balaban J connectivity index is 0.00000147. The maximum atomic E-state index is 8.86. The Bertz CT molecular complexity index is 478. The molecular weight excluding hydrogens is 365 g/mol. The zero-order chi connectivity index (χ0) is 13.1. The van der Waals surface area contributed by atoms with Gasteiger partial charge in [0.15, 0.2) is 5.96 Å². The van der Waals surface area contributed by atoms with E-state index in [0.29, 0.717) is 6.04 Å². The average Bonchev–Trinajstić information content (AvgIpc) is 2.47. The summed E-state index contributed by atoms with van der Waals surface area (Å²) in [5, 5.41) is 12.2. The molecule has 1 unspecified atom stereocenters. The number of fused-ring (bicyclic) bond motifs is 3. The molecular formula is C15H22IN3O. The van der Waals surface area contributed by atoms with E-state index in [1.165, 1.54) is 11.1 Å². The Labute approximate surface area is 137 Å². The van der Waals surface area contributed by atoms with Gasteiger partial charge in [0.1, 0.15) is 0 Å². The third-order valence-corrected chi connectivity index (χ3v) is 3.97. The molecule has 2 heterocycles. The van der Waals surface area contributed by atoms with Crippen molar-refractivity contribution < 1.29 is 5.11 Å². The summed E-state index contributed by atoms with van der Waals surface area (Å²) in [5.41, 5.74) is 2.95. The third kappa shape index (κ3) is 3.09. The summed E-state index contributed by atoms with van der Waals surface area (Å²) in [4.78, 5) is 7.00. The van der Waals surface area contributed by atoms with Gasteiger partial charge >= 0.3 is 0 Å². The van der Waals surface area contributed by atoms with Crippen LogP contribution in [0.25, 0.3) is 0 Å². The highest BCUT2D eigenvalue weighted by atomic mass is 127. The molecule has 2 aliphatic heterocycles. The lowest BCUT2D eigenvalue weighted by atomic mass is 9.90. The van der Waals surface area contributed by atoms with Crippen LogP contribution >= 0.6 is 24.0 Å². The van der Waals surface area contributed by atoms with E-state index in [0.717, 1.165) is 44.9 Å². The number of aliphatic hydroxyl groups excluding tert-OH is 1. The molecule has 0 spiro atoms.